The Morgan fingerprint density at radius 2 is 2.25 bits per heavy atom. The molecule has 1 aliphatic carbocycles. The summed E-state index contributed by atoms with van der Waals surface area (Å²) in [7, 11) is 0. The zero-order valence-corrected chi connectivity index (χ0v) is 13.2. The molecule has 6 nitrogen and oxygen atoms in total. The van der Waals surface area contributed by atoms with E-state index in [9.17, 15) is 4.39 Å². The third kappa shape index (κ3) is 3.21. The van der Waals surface area contributed by atoms with Crippen LogP contribution in [0.2, 0.25) is 0 Å². The van der Waals surface area contributed by atoms with E-state index in [1.807, 2.05) is 6.07 Å². The van der Waals surface area contributed by atoms with Gasteiger partial charge < -0.3 is 10.7 Å². The van der Waals surface area contributed by atoms with Crippen LogP contribution >= 0.6 is 0 Å². The molecule has 1 aliphatic rings. The molecule has 2 heterocycles. The second-order valence-corrected chi connectivity index (χ2v) is 6.31. The van der Waals surface area contributed by atoms with Crippen molar-refractivity contribution in [3.63, 3.8) is 0 Å². The molecule has 0 radical (unpaired) electrons. The van der Waals surface area contributed by atoms with Crippen LogP contribution in [0.15, 0.2) is 36.8 Å². The quantitative estimate of drug-likeness (QED) is 0.728. The van der Waals surface area contributed by atoms with Gasteiger partial charge in [0.15, 0.2) is 5.82 Å². The highest BCUT2D eigenvalue weighted by atomic mass is 19.1. The lowest BCUT2D eigenvalue weighted by Crippen LogP contribution is -2.19. The summed E-state index contributed by atoms with van der Waals surface area (Å²) >= 11 is 0. The molecular formula is C17H19FN6. The third-order valence-corrected chi connectivity index (χ3v) is 4.22. The number of benzene rings is 1. The highest BCUT2D eigenvalue weighted by molar-refractivity contribution is 5.33. The summed E-state index contributed by atoms with van der Waals surface area (Å²) < 4.78 is 15.3. The average molecular weight is 326 g/mol. The molecular weight excluding hydrogens is 307 g/mol. The molecule has 7 heteroatoms. The summed E-state index contributed by atoms with van der Waals surface area (Å²) in [6.45, 7) is 0. The smallest absolute Gasteiger partial charge is 0.151 e. The molecule has 24 heavy (non-hydrogen) atoms. The minimum Gasteiger partial charge on any atom is -0.348 e. The number of rotatable bonds is 6. The summed E-state index contributed by atoms with van der Waals surface area (Å²) in [6, 6.07) is 5.98. The number of H-pyrrole nitrogens is 1. The number of nitrogens with two attached hydrogens (primary N) is 1. The molecule has 0 aliphatic heterocycles. The van der Waals surface area contributed by atoms with Crippen molar-refractivity contribution in [2.45, 2.75) is 31.7 Å². The van der Waals surface area contributed by atoms with Gasteiger partial charge in [0.1, 0.15) is 11.6 Å². The van der Waals surface area contributed by atoms with E-state index in [0.29, 0.717) is 23.9 Å². The Hall–Kier alpha value is -2.54. The molecule has 0 saturated heterocycles. The normalized spacial score (nSPS) is 15.6. The molecule has 0 amide bonds. The molecule has 4 rings (SSSR count). The maximum atomic E-state index is 13.6. The molecule has 3 aromatic rings. The number of hydrogen-bond donors (Lipinski definition) is 2. The molecule has 0 unspecified atom stereocenters. The lowest BCUT2D eigenvalue weighted by molar-refractivity contribution is 0.613. The number of imidazole rings is 1. The Morgan fingerprint density at radius 3 is 2.96 bits per heavy atom. The van der Waals surface area contributed by atoms with E-state index in [0.717, 1.165) is 17.9 Å². The molecule has 1 fully saturated rings. The van der Waals surface area contributed by atoms with Crippen molar-refractivity contribution in [2.75, 3.05) is 0 Å². The molecule has 0 spiro atoms. The van der Waals surface area contributed by atoms with Crippen LogP contribution in [-0.2, 0) is 12.8 Å². The van der Waals surface area contributed by atoms with Crippen LogP contribution in [0, 0.1) is 11.7 Å². The summed E-state index contributed by atoms with van der Waals surface area (Å²) in [5.41, 5.74) is 7.93. The fourth-order valence-electron chi connectivity index (χ4n) is 2.80. The molecule has 1 aromatic carbocycles. The lowest BCUT2D eigenvalue weighted by atomic mass is 10.1. The number of aromatic amines is 1. The van der Waals surface area contributed by atoms with Gasteiger partial charge >= 0.3 is 0 Å². The zero-order chi connectivity index (χ0) is 16.5. The Morgan fingerprint density at radius 1 is 1.38 bits per heavy atom. The summed E-state index contributed by atoms with van der Waals surface area (Å²) in [5, 5.41) is 4.59. The van der Waals surface area contributed by atoms with E-state index in [1.54, 1.807) is 23.3 Å². The Labute approximate surface area is 138 Å². The molecule has 3 N–H and O–H groups in total. The van der Waals surface area contributed by atoms with Crippen LogP contribution in [0.1, 0.15) is 36.2 Å². The number of nitrogens with zero attached hydrogens (tertiary/aromatic N) is 4. The lowest BCUT2D eigenvalue weighted by Gasteiger charge is -2.12. The van der Waals surface area contributed by atoms with E-state index in [4.69, 9.17) is 5.73 Å². The van der Waals surface area contributed by atoms with Gasteiger partial charge in [-0.05, 0) is 37.0 Å². The minimum atomic E-state index is -0.353. The van der Waals surface area contributed by atoms with Crippen molar-refractivity contribution in [1.29, 1.82) is 0 Å². The Kier molecular flexibility index (Phi) is 3.86. The van der Waals surface area contributed by atoms with Crippen molar-refractivity contribution in [2.24, 2.45) is 11.7 Å². The van der Waals surface area contributed by atoms with Gasteiger partial charge in [0, 0.05) is 24.7 Å². The largest absolute Gasteiger partial charge is 0.348 e. The highest BCUT2D eigenvalue weighted by Crippen LogP contribution is 2.32. The SMILES string of the molecule is N[C@@H](Cc1cnc[nH]1)c1nc(CC2CC2)nn1-c1cccc(F)c1. The third-order valence-electron chi connectivity index (χ3n) is 4.22. The fourth-order valence-corrected chi connectivity index (χ4v) is 2.80. The summed E-state index contributed by atoms with van der Waals surface area (Å²) in [4.78, 5) is 11.7. The topological polar surface area (TPSA) is 85.4 Å². The van der Waals surface area contributed by atoms with Crippen molar-refractivity contribution in [1.82, 2.24) is 24.7 Å². The number of nitrogens with one attached hydrogen (secondary N) is 1. The van der Waals surface area contributed by atoms with Crippen LogP contribution in [0.3, 0.4) is 0 Å². The zero-order valence-electron chi connectivity index (χ0n) is 13.2. The van der Waals surface area contributed by atoms with Crippen molar-refractivity contribution < 1.29 is 4.39 Å². The van der Waals surface area contributed by atoms with Crippen LogP contribution in [-0.4, -0.2) is 24.7 Å². The molecule has 124 valence electrons. The van der Waals surface area contributed by atoms with E-state index in [2.05, 4.69) is 20.1 Å². The van der Waals surface area contributed by atoms with Crippen molar-refractivity contribution in [3.05, 3.63) is 59.9 Å². The first-order valence-electron chi connectivity index (χ1n) is 8.13. The molecule has 1 saturated carbocycles. The van der Waals surface area contributed by atoms with E-state index < -0.39 is 0 Å². The average Bonchev–Trinajstić information content (AvgIpc) is 3.06. The first-order valence-corrected chi connectivity index (χ1v) is 8.13. The van der Waals surface area contributed by atoms with Crippen LogP contribution < -0.4 is 5.73 Å². The van der Waals surface area contributed by atoms with E-state index in [-0.39, 0.29) is 11.9 Å². The van der Waals surface area contributed by atoms with Crippen molar-refractivity contribution >= 4 is 0 Å². The second kappa shape index (κ2) is 6.16. The van der Waals surface area contributed by atoms with Gasteiger partial charge in [0.05, 0.1) is 18.1 Å². The van der Waals surface area contributed by atoms with Gasteiger partial charge in [-0.25, -0.2) is 19.0 Å². The monoisotopic (exact) mass is 326 g/mol. The van der Waals surface area contributed by atoms with Crippen LogP contribution in [0.5, 0.6) is 0 Å². The van der Waals surface area contributed by atoms with E-state index in [1.165, 1.54) is 25.0 Å². The predicted molar refractivity (Wildman–Crippen MR) is 87.0 cm³/mol. The first kappa shape index (κ1) is 15.0. The van der Waals surface area contributed by atoms with Gasteiger partial charge in [0.25, 0.3) is 0 Å². The number of aromatic nitrogens is 5. The second-order valence-electron chi connectivity index (χ2n) is 6.31. The maximum absolute atomic E-state index is 13.6. The molecule has 2 aromatic heterocycles. The highest BCUT2D eigenvalue weighted by Gasteiger charge is 2.26. The minimum absolute atomic E-state index is 0.306. The number of hydrogen-bond acceptors (Lipinski definition) is 4. The van der Waals surface area contributed by atoms with Gasteiger partial charge in [0.2, 0.25) is 0 Å². The Bertz CT molecular complexity index is 821. The van der Waals surface area contributed by atoms with E-state index >= 15 is 0 Å². The number of halogens is 1. The standard InChI is InChI=1S/C17H19FN6/c18-12-2-1-3-14(7-12)24-17(15(19)8-13-9-20-10-21-13)22-16(23-24)6-11-4-5-11/h1-3,7,9-11,15H,4-6,8,19H2,(H,20,21)/t15-/m0/s1. The van der Waals surface area contributed by atoms with Gasteiger partial charge in [-0.2, -0.15) is 5.10 Å². The van der Waals surface area contributed by atoms with Gasteiger partial charge in [-0.3, -0.25) is 0 Å². The Balaban J connectivity index is 1.68. The maximum Gasteiger partial charge on any atom is 0.151 e. The van der Waals surface area contributed by atoms with Gasteiger partial charge in [-0.15, -0.1) is 0 Å². The van der Waals surface area contributed by atoms with Crippen LogP contribution in [0.4, 0.5) is 4.39 Å². The first-order chi connectivity index (χ1) is 11.7. The van der Waals surface area contributed by atoms with Crippen molar-refractivity contribution in [3.8, 4) is 5.69 Å². The molecule has 1 atom stereocenters. The summed E-state index contributed by atoms with van der Waals surface area (Å²) in [5.74, 6) is 1.78. The fraction of sp³-hybridized carbons (Fsp3) is 0.353. The predicted octanol–water partition coefficient (Wildman–Crippen LogP) is 2.32. The summed E-state index contributed by atoms with van der Waals surface area (Å²) in [6.07, 6.45) is 7.24. The molecule has 0 bridgehead atoms. The van der Waals surface area contributed by atoms with Crippen LogP contribution in [0.25, 0.3) is 5.69 Å². The van der Waals surface area contributed by atoms with Gasteiger partial charge in [-0.1, -0.05) is 6.07 Å².